The van der Waals surface area contributed by atoms with Crippen molar-refractivity contribution in [1.29, 1.82) is 0 Å². The van der Waals surface area contributed by atoms with Crippen LogP contribution in [-0.4, -0.2) is 53.3 Å². The van der Waals surface area contributed by atoms with Crippen LogP contribution in [0.5, 0.6) is 0 Å². The number of carboxylic acid groups (broad SMARTS) is 1. The third-order valence-electron chi connectivity index (χ3n) is 3.87. The van der Waals surface area contributed by atoms with E-state index in [-0.39, 0.29) is 18.1 Å². The predicted octanol–water partition coefficient (Wildman–Crippen LogP) is 2.48. The van der Waals surface area contributed by atoms with Gasteiger partial charge in [-0.15, -0.1) is 0 Å². The SMILES string of the molecule is CCN(CCNC1CCCC(C(=O)O)C1)C(=O)OC(C)(C)C. The Morgan fingerprint density at radius 2 is 2.00 bits per heavy atom. The second-order valence-corrected chi connectivity index (χ2v) is 6.91. The Hall–Kier alpha value is -1.30. The van der Waals surface area contributed by atoms with Crippen LogP contribution in [0.2, 0.25) is 0 Å². The van der Waals surface area contributed by atoms with Crippen molar-refractivity contribution in [2.45, 2.75) is 65.0 Å². The van der Waals surface area contributed by atoms with E-state index in [1.807, 2.05) is 27.7 Å². The van der Waals surface area contributed by atoms with Gasteiger partial charge < -0.3 is 20.1 Å². The molecule has 22 heavy (non-hydrogen) atoms. The van der Waals surface area contributed by atoms with Gasteiger partial charge in [-0.1, -0.05) is 6.42 Å². The molecule has 0 aromatic heterocycles. The number of nitrogens with zero attached hydrogens (tertiary/aromatic N) is 1. The number of ether oxygens (including phenoxy) is 1. The maximum Gasteiger partial charge on any atom is 0.410 e. The smallest absolute Gasteiger partial charge is 0.410 e. The van der Waals surface area contributed by atoms with Gasteiger partial charge in [0, 0.05) is 25.7 Å². The van der Waals surface area contributed by atoms with Gasteiger partial charge in [-0.2, -0.15) is 0 Å². The average molecular weight is 314 g/mol. The minimum absolute atomic E-state index is 0.229. The summed E-state index contributed by atoms with van der Waals surface area (Å²) < 4.78 is 5.36. The Bertz CT molecular complexity index is 379. The van der Waals surface area contributed by atoms with Crippen LogP contribution in [0.4, 0.5) is 4.79 Å². The molecule has 2 atom stereocenters. The van der Waals surface area contributed by atoms with E-state index in [4.69, 9.17) is 9.84 Å². The van der Waals surface area contributed by atoms with Crippen molar-refractivity contribution in [2.75, 3.05) is 19.6 Å². The molecule has 1 saturated carbocycles. The minimum atomic E-state index is -0.699. The number of aliphatic carboxylic acids is 1. The zero-order chi connectivity index (χ0) is 16.8. The second-order valence-electron chi connectivity index (χ2n) is 6.91. The molecule has 1 rings (SSSR count). The van der Waals surface area contributed by atoms with Crippen LogP contribution in [0.1, 0.15) is 53.4 Å². The fourth-order valence-electron chi connectivity index (χ4n) is 2.71. The molecule has 2 unspecified atom stereocenters. The van der Waals surface area contributed by atoms with E-state index < -0.39 is 11.6 Å². The van der Waals surface area contributed by atoms with E-state index in [2.05, 4.69) is 5.32 Å². The first-order valence-corrected chi connectivity index (χ1v) is 8.17. The molecule has 2 N–H and O–H groups in total. The molecular formula is C16H30N2O4. The lowest BCUT2D eigenvalue weighted by atomic mass is 9.86. The van der Waals surface area contributed by atoms with Crippen LogP contribution < -0.4 is 5.32 Å². The standard InChI is InChI=1S/C16H30N2O4/c1-5-18(15(21)22-16(2,3)4)10-9-17-13-8-6-7-12(11-13)14(19)20/h12-13,17H,5-11H2,1-4H3,(H,19,20). The number of rotatable bonds is 6. The largest absolute Gasteiger partial charge is 0.481 e. The van der Waals surface area contributed by atoms with Crippen LogP contribution in [0.15, 0.2) is 0 Å². The van der Waals surface area contributed by atoms with Crippen LogP contribution in [0, 0.1) is 5.92 Å². The lowest BCUT2D eigenvalue weighted by molar-refractivity contribution is -0.143. The van der Waals surface area contributed by atoms with Crippen molar-refractivity contribution in [3.05, 3.63) is 0 Å². The molecule has 0 spiro atoms. The van der Waals surface area contributed by atoms with Crippen molar-refractivity contribution in [2.24, 2.45) is 5.92 Å². The van der Waals surface area contributed by atoms with Gasteiger partial charge in [-0.25, -0.2) is 4.79 Å². The molecule has 1 fully saturated rings. The average Bonchev–Trinajstić information content (AvgIpc) is 2.42. The molecule has 0 radical (unpaired) electrons. The highest BCUT2D eigenvalue weighted by atomic mass is 16.6. The molecule has 0 aromatic carbocycles. The van der Waals surface area contributed by atoms with Crippen molar-refractivity contribution >= 4 is 12.1 Å². The quantitative estimate of drug-likeness (QED) is 0.787. The summed E-state index contributed by atoms with van der Waals surface area (Å²) in [5, 5.41) is 12.5. The van der Waals surface area contributed by atoms with Crippen LogP contribution >= 0.6 is 0 Å². The van der Waals surface area contributed by atoms with Crippen molar-refractivity contribution in [1.82, 2.24) is 10.2 Å². The molecule has 0 aromatic rings. The molecule has 0 heterocycles. The zero-order valence-corrected chi connectivity index (χ0v) is 14.2. The third-order valence-corrected chi connectivity index (χ3v) is 3.87. The lowest BCUT2D eigenvalue weighted by Gasteiger charge is -2.29. The fraction of sp³-hybridized carbons (Fsp3) is 0.875. The number of nitrogens with one attached hydrogen (secondary N) is 1. The highest BCUT2D eigenvalue weighted by Gasteiger charge is 2.27. The number of carbonyl (C=O) groups is 2. The molecule has 0 aliphatic heterocycles. The van der Waals surface area contributed by atoms with E-state index in [0.29, 0.717) is 26.1 Å². The molecular weight excluding hydrogens is 284 g/mol. The number of likely N-dealkylation sites (N-methyl/N-ethyl adjacent to an activating group) is 1. The molecule has 0 bridgehead atoms. The lowest BCUT2D eigenvalue weighted by Crippen LogP contribution is -2.43. The first-order valence-electron chi connectivity index (χ1n) is 8.17. The van der Waals surface area contributed by atoms with E-state index in [1.165, 1.54) is 0 Å². The summed E-state index contributed by atoms with van der Waals surface area (Å²) in [6.07, 6.45) is 3.09. The fourth-order valence-corrected chi connectivity index (χ4v) is 2.71. The summed E-state index contributed by atoms with van der Waals surface area (Å²) in [4.78, 5) is 24.7. The summed E-state index contributed by atoms with van der Waals surface area (Å²) in [6, 6.07) is 0.229. The Kier molecular flexibility index (Phi) is 7.13. The van der Waals surface area contributed by atoms with E-state index in [9.17, 15) is 9.59 Å². The van der Waals surface area contributed by atoms with Gasteiger partial charge in [0.15, 0.2) is 0 Å². The number of amides is 1. The third kappa shape index (κ3) is 6.64. The molecule has 128 valence electrons. The Labute approximate surface area is 133 Å². The van der Waals surface area contributed by atoms with Gasteiger partial charge in [0.05, 0.1) is 5.92 Å². The van der Waals surface area contributed by atoms with Gasteiger partial charge >= 0.3 is 12.1 Å². The van der Waals surface area contributed by atoms with E-state index >= 15 is 0 Å². The van der Waals surface area contributed by atoms with Gasteiger partial charge in [0.1, 0.15) is 5.60 Å². The van der Waals surface area contributed by atoms with Gasteiger partial charge in [0.2, 0.25) is 0 Å². The van der Waals surface area contributed by atoms with Crippen molar-refractivity contribution in [3.8, 4) is 0 Å². The Balaban J connectivity index is 2.35. The topological polar surface area (TPSA) is 78.9 Å². The highest BCUT2D eigenvalue weighted by molar-refractivity contribution is 5.70. The van der Waals surface area contributed by atoms with Crippen molar-refractivity contribution < 1.29 is 19.4 Å². The maximum atomic E-state index is 12.0. The highest BCUT2D eigenvalue weighted by Crippen LogP contribution is 2.24. The number of hydrogen-bond acceptors (Lipinski definition) is 4. The monoisotopic (exact) mass is 314 g/mol. The van der Waals surface area contributed by atoms with Crippen LogP contribution in [-0.2, 0) is 9.53 Å². The number of hydrogen-bond donors (Lipinski definition) is 2. The minimum Gasteiger partial charge on any atom is -0.481 e. The number of carboxylic acids is 1. The summed E-state index contributed by atoms with van der Waals surface area (Å²) in [5.41, 5.74) is -0.490. The summed E-state index contributed by atoms with van der Waals surface area (Å²) >= 11 is 0. The summed E-state index contributed by atoms with van der Waals surface area (Å²) in [6.45, 7) is 9.30. The number of carbonyl (C=O) groups excluding carboxylic acids is 1. The van der Waals surface area contributed by atoms with E-state index in [1.54, 1.807) is 4.90 Å². The Morgan fingerprint density at radius 1 is 1.32 bits per heavy atom. The normalized spacial score (nSPS) is 22.2. The zero-order valence-electron chi connectivity index (χ0n) is 14.2. The van der Waals surface area contributed by atoms with Crippen molar-refractivity contribution in [3.63, 3.8) is 0 Å². The maximum absolute atomic E-state index is 12.0. The van der Waals surface area contributed by atoms with Gasteiger partial charge in [-0.3, -0.25) is 4.79 Å². The van der Waals surface area contributed by atoms with Gasteiger partial charge in [0.25, 0.3) is 0 Å². The first kappa shape index (κ1) is 18.7. The first-order chi connectivity index (χ1) is 10.2. The molecule has 6 heteroatoms. The van der Waals surface area contributed by atoms with E-state index in [0.717, 1.165) is 19.3 Å². The molecule has 0 saturated heterocycles. The molecule has 1 amide bonds. The Morgan fingerprint density at radius 3 is 2.55 bits per heavy atom. The van der Waals surface area contributed by atoms with Crippen LogP contribution in [0.3, 0.4) is 0 Å². The molecule has 1 aliphatic carbocycles. The molecule has 6 nitrogen and oxygen atoms in total. The molecule has 1 aliphatic rings. The van der Waals surface area contributed by atoms with Crippen LogP contribution in [0.25, 0.3) is 0 Å². The van der Waals surface area contributed by atoms with Gasteiger partial charge in [-0.05, 0) is 47.0 Å². The summed E-state index contributed by atoms with van der Waals surface area (Å²) in [7, 11) is 0. The second kappa shape index (κ2) is 8.36. The predicted molar refractivity (Wildman–Crippen MR) is 84.9 cm³/mol. The summed E-state index contributed by atoms with van der Waals surface area (Å²) in [5.74, 6) is -0.935.